The zero-order valence-electron chi connectivity index (χ0n) is 17.9. The molecule has 1 atom stereocenters. The third-order valence-electron chi connectivity index (χ3n) is 5.45. The number of rotatable bonds is 6. The fourth-order valence-electron chi connectivity index (χ4n) is 3.91. The Hall–Kier alpha value is -2.77. The molecule has 6 nitrogen and oxygen atoms in total. The maximum Gasteiger partial charge on any atom is 0.310 e. The van der Waals surface area contributed by atoms with Crippen LogP contribution >= 0.6 is 11.3 Å². The number of thiazole rings is 1. The normalized spacial score (nSPS) is 16.9. The van der Waals surface area contributed by atoms with Gasteiger partial charge in [0.25, 0.3) is 0 Å². The van der Waals surface area contributed by atoms with Crippen LogP contribution in [0.25, 0.3) is 20.8 Å². The van der Waals surface area contributed by atoms with Gasteiger partial charge in [-0.2, -0.15) is 0 Å². The molecule has 7 heteroatoms. The largest absolute Gasteiger partial charge is 0.466 e. The molecule has 162 valence electrons. The van der Waals surface area contributed by atoms with Crippen molar-refractivity contribution in [2.45, 2.75) is 26.7 Å². The molecule has 0 unspecified atom stereocenters. The quantitative estimate of drug-likeness (QED) is 0.576. The molecule has 2 aromatic carbocycles. The summed E-state index contributed by atoms with van der Waals surface area (Å²) in [7, 11) is 0. The Balaban J connectivity index is 1.35. The smallest absolute Gasteiger partial charge is 0.310 e. The summed E-state index contributed by atoms with van der Waals surface area (Å²) in [5.74, 6) is -0.376. The van der Waals surface area contributed by atoms with Crippen molar-refractivity contribution in [3.63, 3.8) is 0 Å². The van der Waals surface area contributed by atoms with Crippen LogP contribution in [0.3, 0.4) is 0 Å². The molecule has 1 aliphatic rings. The van der Waals surface area contributed by atoms with Gasteiger partial charge < -0.3 is 10.1 Å². The second-order valence-corrected chi connectivity index (χ2v) is 8.97. The topological polar surface area (TPSA) is 71.5 Å². The van der Waals surface area contributed by atoms with Gasteiger partial charge in [0.05, 0.1) is 29.3 Å². The fourth-order valence-corrected chi connectivity index (χ4v) is 4.98. The number of amides is 1. The summed E-state index contributed by atoms with van der Waals surface area (Å²) in [5.41, 5.74) is 4.02. The van der Waals surface area contributed by atoms with Crippen molar-refractivity contribution in [1.29, 1.82) is 0 Å². The molecule has 1 aliphatic heterocycles. The van der Waals surface area contributed by atoms with Gasteiger partial charge in [0, 0.05) is 17.8 Å². The SMILES string of the molecule is CCOC(=O)[C@H]1CCCN(CC(=O)Nc2ccc(-c3nc4ccc(C)cc4s3)cc2)C1. The minimum atomic E-state index is -0.159. The van der Waals surface area contributed by atoms with Gasteiger partial charge >= 0.3 is 5.97 Å². The third-order valence-corrected chi connectivity index (χ3v) is 6.52. The Morgan fingerprint density at radius 2 is 2.03 bits per heavy atom. The summed E-state index contributed by atoms with van der Waals surface area (Å²) >= 11 is 1.67. The van der Waals surface area contributed by atoms with Crippen LogP contribution in [0.5, 0.6) is 0 Å². The molecule has 0 saturated carbocycles. The molecule has 1 N–H and O–H groups in total. The minimum Gasteiger partial charge on any atom is -0.466 e. The molecular weight excluding hydrogens is 410 g/mol. The number of fused-ring (bicyclic) bond motifs is 1. The lowest BCUT2D eigenvalue weighted by Crippen LogP contribution is -2.43. The standard InChI is InChI=1S/C24H27N3O3S/c1-3-30-24(29)18-5-4-12-27(14-18)15-22(28)25-19-9-7-17(8-10-19)23-26-20-11-6-16(2)13-21(20)31-23/h6-11,13,18H,3-5,12,14-15H2,1-2H3,(H,25,28)/t18-/m0/s1. The van der Waals surface area contributed by atoms with Crippen molar-refractivity contribution in [2.75, 3.05) is 31.6 Å². The van der Waals surface area contributed by atoms with E-state index in [4.69, 9.17) is 9.72 Å². The van der Waals surface area contributed by atoms with Gasteiger partial charge in [-0.3, -0.25) is 14.5 Å². The van der Waals surface area contributed by atoms with E-state index in [1.807, 2.05) is 42.2 Å². The molecule has 3 aromatic rings. The van der Waals surface area contributed by atoms with Crippen LogP contribution in [0.2, 0.25) is 0 Å². The lowest BCUT2D eigenvalue weighted by molar-refractivity contribution is -0.150. The van der Waals surface area contributed by atoms with E-state index in [1.54, 1.807) is 11.3 Å². The van der Waals surface area contributed by atoms with Crippen molar-refractivity contribution >= 4 is 39.1 Å². The lowest BCUT2D eigenvalue weighted by Gasteiger charge is -2.30. The number of benzene rings is 2. The van der Waals surface area contributed by atoms with Crippen LogP contribution in [0.1, 0.15) is 25.3 Å². The number of aromatic nitrogens is 1. The lowest BCUT2D eigenvalue weighted by atomic mass is 9.98. The predicted molar refractivity (Wildman–Crippen MR) is 124 cm³/mol. The molecule has 1 saturated heterocycles. The number of hydrogen-bond acceptors (Lipinski definition) is 6. The number of piperidine rings is 1. The van der Waals surface area contributed by atoms with E-state index in [1.165, 1.54) is 10.3 Å². The zero-order valence-corrected chi connectivity index (χ0v) is 18.7. The van der Waals surface area contributed by atoms with Gasteiger partial charge in [0.15, 0.2) is 0 Å². The average Bonchev–Trinajstić information content (AvgIpc) is 3.17. The van der Waals surface area contributed by atoms with Gasteiger partial charge in [0.1, 0.15) is 5.01 Å². The summed E-state index contributed by atoms with van der Waals surface area (Å²) < 4.78 is 6.31. The van der Waals surface area contributed by atoms with Crippen molar-refractivity contribution in [3.05, 3.63) is 48.0 Å². The van der Waals surface area contributed by atoms with E-state index in [9.17, 15) is 9.59 Å². The number of nitrogens with zero attached hydrogens (tertiary/aromatic N) is 2. The van der Waals surface area contributed by atoms with Crippen molar-refractivity contribution in [3.8, 4) is 10.6 Å². The van der Waals surface area contributed by atoms with E-state index < -0.39 is 0 Å². The number of aryl methyl sites for hydroxylation is 1. The molecule has 0 aliphatic carbocycles. The maximum absolute atomic E-state index is 12.5. The van der Waals surface area contributed by atoms with Gasteiger partial charge in [-0.25, -0.2) is 4.98 Å². The van der Waals surface area contributed by atoms with Crippen LogP contribution in [-0.2, 0) is 14.3 Å². The molecule has 4 rings (SSSR count). The van der Waals surface area contributed by atoms with Crippen LogP contribution in [0, 0.1) is 12.8 Å². The highest BCUT2D eigenvalue weighted by atomic mass is 32.1. The Labute approximate surface area is 186 Å². The first-order valence-corrected chi connectivity index (χ1v) is 11.5. The van der Waals surface area contributed by atoms with Gasteiger partial charge in [-0.05, 0) is 75.2 Å². The third kappa shape index (κ3) is 5.29. The van der Waals surface area contributed by atoms with Crippen molar-refractivity contribution in [2.24, 2.45) is 5.92 Å². The molecule has 31 heavy (non-hydrogen) atoms. The number of nitrogens with one attached hydrogen (secondary N) is 1. The Morgan fingerprint density at radius 1 is 1.23 bits per heavy atom. The zero-order chi connectivity index (χ0) is 21.8. The number of anilines is 1. The summed E-state index contributed by atoms with van der Waals surface area (Å²) in [5, 5.41) is 3.93. The van der Waals surface area contributed by atoms with Crippen LogP contribution in [0.15, 0.2) is 42.5 Å². The van der Waals surface area contributed by atoms with Crippen molar-refractivity contribution in [1.82, 2.24) is 9.88 Å². The van der Waals surface area contributed by atoms with E-state index in [2.05, 4.69) is 24.4 Å². The Kier molecular flexibility index (Phi) is 6.63. The number of ether oxygens (including phenoxy) is 1. The Morgan fingerprint density at radius 3 is 2.81 bits per heavy atom. The number of carbonyl (C=O) groups is 2. The summed E-state index contributed by atoms with van der Waals surface area (Å²) in [6, 6.07) is 14.0. The van der Waals surface area contributed by atoms with E-state index in [0.29, 0.717) is 13.2 Å². The predicted octanol–water partition coefficient (Wildman–Crippen LogP) is 4.49. The number of likely N-dealkylation sites (tertiary alicyclic amines) is 1. The van der Waals surface area contributed by atoms with Crippen molar-refractivity contribution < 1.29 is 14.3 Å². The summed E-state index contributed by atoms with van der Waals surface area (Å²) in [6.45, 7) is 5.95. The molecular formula is C24H27N3O3S. The number of carbonyl (C=O) groups excluding carboxylic acids is 2. The molecule has 1 amide bonds. The minimum absolute atomic E-state index is 0.0762. The first kappa shape index (κ1) is 21.5. The number of hydrogen-bond donors (Lipinski definition) is 1. The first-order chi connectivity index (χ1) is 15.0. The second kappa shape index (κ2) is 9.58. The molecule has 0 spiro atoms. The highest BCUT2D eigenvalue weighted by Crippen LogP contribution is 2.31. The average molecular weight is 438 g/mol. The highest BCUT2D eigenvalue weighted by Gasteiger charge is 2.27. The fraction of sp³-hybridized carbons (Fsp3) is 0.375. The van der Waals surface area contributed by atoms with E-state index >= 15 is 0 Å². The first-order valence-electron chi connectivity index (χ1n) is 10.7. The van der Waals surface area contributed by atoms with Crippen LogP contribution in [-0.4, -0.2) is 48.0 Å². The summed E-state index contributed by atoms with van der Waals surface area (Å²) in [6.07, 6.45) is 1.72. The molecule has 0 bridgehead atoms. The molecule has 0 radical (unpaired) electrons. The van der Waals surface area contributed by atoms with Crippen LogP contribution < -0.4 is 5.32 Å². The molecule has 1 fully saturated rings. The number of esters is 1. The van der Waals surface area contributed by atoms with Crippen LogP contribution in [0.4, 0.5) is 5.69 Å². The monoisotopic (exact) mass is 437 g/mol. The molecule has 2 heterocycles. The van der Waals surface area contributed by atoms with Gasteiger partial charge in [0.2, 0.25) is 5.91 Å². The van der Waals surface area contributed by atoms with E-state index in [-0.39, 0.29) is 24.3 Å². The van der Waals surface area contributed by atoms with Gasteiger partial charge in [-0.15, -0.1) is 11.3 Å². The maximum atomic E-state index is 12.5. The summed E-state index contributed by atoms with van der Waals surface area (Å²) in [4.78, 5) is 31.2. The second-order valence-electron chi connectivity index (χ2n) is 7.94. The Bertz CT molecular complexity index is 1080. The van der Waals surface area contributed by atoms with Gasteiger partial charge in [-0.1, -0.05) is 6.07 Å². The van der Waals surface area contributed by atoms with E-state index in [0.717, 1.165) is 41.2 Å². The molecule has 1 aromatic heterocycles. The highest BCUT2D eigenvalue weighted by molar-refractivity contribution is 7.21.